The van der Waals surface area contributed by atoms with Crippen molar-refractivity contribution in [2.75, 3.05) is 31.6 Å². The molecule has 22 heavy (non-hydrogen) atoms. The van der Waals surface area contributed by atoms with Gasteiger partial charge in [0.05, 0.1) is 7.11 Å². The van der Waals surface area contributed by atoms with E-state index < -0.39 is 0 Å². The van der Waals surface area contributed by atoms with Gasteiger partial charge in [-0.3, -0.25) is 4.79 Å². The number of rotatable bonds is 7. The Kier molecular flexibility index (Phi) is 6.10. The van der Waals surface area contributed by atoms with Crippen LogP contribution in [0.2, 0.25) is 0 Å². The molecule has 1 aliphatic heterocycles. The molecule has 1 aromatic carbocycles. The van der Waals surface area contributed by atoms with E-state index in [-0.39, 0.29) is 11.8 Å². The lowest BCUT2D eigenvalue weighted by Crippen LogP contribution is -2.34. The van der Waals surface area contributed by atoms with Crippen LogP contribution in [0.15, 0.2) is 24.3 Å². The highest BCUT2D eigenvalue weighted by Gasteiger charge is 2.24. The first-order chi connectivity index (χ1) is 10.6. The van der Waals surface area contributed by atoms with E-state index >= 15 is 0 Å². The van der Waals surface area contributed by atoms with Gasteiger partial charge in [0, 0.05) is 37.3 Å². The first-order valence-corrected chi connectivity index (χ1v) is 8.30. The second-order valence-electron chi connectivity index (χ2n) is 6.24. The molecule has 4 heteroatoms. The Morgan fingerprint density at radius 2 is 2.32 bits per heavy atom. The molecule has 0 bridgehead atoms. The minimum absolute atomic E-state index is 0.126. The predicted molar refractivity (Wildman–Crippen MR) is 90.4 cm³/mol. The Morgan fingerprint density at radius 3 is 3.05 bits per heavy atom. The number of nitrogens with zero attached hydrogens (tertiary/aromatic N) is 1. The molecular formula is C18H28N2O2. The monoisotopic (exact) mass is 304 g/mol. The number of ether oxygens (including phenoxy) is 1. The Labute approximate surface area is 133 Å². The van der Waals surface area contributed by atoms with Crippen molar-refractivity contribution in [3.05, 3.63) is 24.3 Å². The van der Waals surface area contributed by atoms with Crippen LogP contribution in [0.4, 0.5) is 5.69 Å². The van der Waals surface area contributed by atoms with Crippen molar-refractivity contribution in [2.24, 2.45) is 11.8 Å². The third-order valence-corrected chi connectivity index (χ3v) is 4.44. The van der Waals surface area contributed by atoms with Gasteiger partial charge in [0.1, 0.15) is 5.75 Å². The van der Waals surface area contributed by atoms with E-state index in [9.17, 15) is 4.79 Å². The van der Waals surface area contributed by atoms with Gasteiger partial charge < -0.3 is 15.0 Å². The predicted octanol–water partition coefficient (Wildman–Crippen LogP) is 3.07. The summed E-state index contributed by atoms with van der Waals surface area (Å²) < 4.78 is 5.29. The van der Waals surface area contributed by atoms with Crippen LogP contribution in [-0.2, 0) is 4.79 Å². The molecule has 1 fully saturated rings. The van der Waals surface area contributed by atoms with Crippen molar-refractivity contribution in [1.29, 1.82) is 0 Å². The zero-order valence-electron chi connectivity index (χ0n) is 14.0. The Balaban J connectivity index is 1.81. The van der Waals surface area contributed by atoms with Crippen LogP contribution in [0.3, 0.4) is 0 Å². The van der Waals surface area contributed by atoms with Crippen molar-refractivity contribution in [3.63, 3.8) is 0 Å². The number of amides is 1. The summed E-state index contributed by atoms with van der Waals surface area (Å²) in [7, 11) is 1.69. The first-order valence-electron chi connectivity index (χ1n) is 8.30. The first kappa shape index (κ1) is 16.7. The summed E-state index contributed by atoms with van der Waals surface area (Å²) in [6.07, 6.45) is 3.15. The quantitative estimate of drug-likeness (QED) is 0.841. The topological polar surface area (TPSA) is 41.6 Å². The van der Waals surface area contributed by atoms with Gasteiger partial charge in [0.25, 0.3) is 0 Å². The van der Waals surface area contributed by atoms with Crippen LogP contribution < -0.4 is 15.0 Å². The SMILES string of the molecule is CCCC(C)C(=O)NCC1CCN(c2cccc(OC)c2)C1. The molecule has 1 N–H and O–H groups in total. The van der Waals surface area contributed by atoms with Gasteiger partial charge in [0.2, 0.25) is 5.91 Å². The molecule has 1 aliphatic rings. The van der Waals surface area contributed by atoms with E-state index in [1.54, 1.807) is 7.11 Å². The lowest BCUT2D eigenvalue weighted by molar-refractivity contribution is -0.124. The molecule has 2 atom stereocenters. The number of methoxy groups -OCH3 is 1. The summed E-state index contributed by atoms with van der Waals surface area (Å²) in [5.74, 6) is 1.74. The normalized spacial score (nSPS) is 19.0. The summed E-state index contributed by atoms with van der Waals surface area (Å²) in [6.45, 7) is 6.95. The zero-order valence-corrected chi connectivity index (χ0v) is 14.0. The maximum Gasteiger partial charge on any atom is 0.222 e. The third kappa shape index (κ3) is 4.39. The fourth-order valence-electron chi connectivity index (χ4n) is 3.02. The van der Waals surface area contributed by atoms with E-state index in [4.69, 9.17) is 4.74 Å². The molecular weight excluding hydrogens is 276 g/mol. The molecule has 1 saturated heterocycles. The number of nitrogens with one attached hydrogen (secondary N) is 1. The van der Waals surface area contributed by atoms with Crippen LogP contribution >= 0.6 is 0 Å². The highest BCUT2D eigenvalue weighted by molar-refractivity contribution is 5.78. The molecule has 122 valence electrons. The second-order valence-corrected chi connectivity index (χ2v) is 6.24. The van der Waals surface area contributed by atoms with Gasteiger partial charge >= 0.3 is 0 Å². The number of benzene rings is 1. The van der Waals surface area contributed by atoms with Crippen LogP contribution in [0, 0.1) is 11.8 Å². The van der Waals surface area contributed by atoms with Gasteiger partial charge in [-0.25, -0.2) is 0 Å². The number of anilines is 1. The van der Waals surface area contributed by atoms with Crippen LogP contribution in [-0.4, -0.2) is 32.7 Å². The molecule has 0 saturated carbocycles. The van der Waals surface area contributed by atoms with Crippen molar-refractivity contribution in [1.82, 2.24) is 5.32 Å². The minimum Gasteiger partial charge on any atom is -0.497 e. The van der Waals surface area contributed by atoms with E-state index in [1.165, 1.54) is 5.69 Å². The zero-order chi connectivity index (χ0) is 15.9. The lowest BCUT2D eigenvalue weighted by atomic mass is 10.0. The summed E-state index contributed by atoms with van der Waals surface area (Å²) in [4.78, 5) is 14.4. The maximum absolute atomic E-state index is 12.0. The molecule has 0 aliphatic carbocycles. The van der Waals surface area contributed by atoms with Gasteiger partial charge in [-0.2, -0.15) is 0 Å². The summed E-state index contributed by atoms with van der Waals surface area (Å²) in [6, 6.07) is 8.18. The molecule has 0 radical (unpaired) electrons. The molecule has 1 aromatic rings. The molecule has 2 rings (SSSR count). The minimum atomic E-state index is 0.126. The Morgan fingerprint density at radius 1 is 1.50 bits per heavy atom. The van der Waals surface area contributed by atoms with Gasteiger partial charge in [-0.1, -0.05) is 26.3 Å². The second kappa shape index (κ2) is 8.06. The van der Waals surface area contributed by atoms with Crippen LogP contribution in [0.5, 0.6) is 5.75 Å². The third-order valence-electron chi connectivity index (χ3n) is 4.44. The van der Waals surface area contributed by atoms with Gasteiger partial charge in [-0.05, 0) is 30.9 Å². The van der Waals surface area contributed by atoms with Crippen LogP contribution in [0.25, 0.3) is 0 Å². The standard InChI is InChI=1S/C18H28N2O2/c1-4-6-14(2)18(21)19-12-15-9-10-20(13-15)16-7-5-8-17(11-16)22-3/h5,7-8,11,14-15H,4,6,9-10,12-13H2,1-3H3,(H,19,21). The molecule has 1 heterocycles. The molecule has 2 unspecified atom stereocenters. The van der Waals surface area contributed by atoms with E-state index in [2.05, 4.69) is 29.3 Å². The van der Waals surface area contributed by atoms with E-state index in [0.29, 0.717) is 5.92 Å². The summed E-state index contributed by atoms with van der Waals surface area (Å²) in [5, 5.41) is 3.11. The number of carbonyl (C=O) groups excluding carboxylic acids is 1. The highest BCUT2D eigenvalue weighted by atomic mass is 16.5. The average molecular weight is 304 g/mol. The smallest absolute Gasteiger partial charge is 0.222 e. The Bertz CT molecular complexity index is 490. The van der Waals surface area contributed by atoms with Crippen LogP contribution in [0.1, 0.15) is 33.1 Å². The fourth-order valence-corrected chi connectivity index (χ4v) is 3.02. The van der Waals surface area contributed by atoms with E-state index in [0.717, 1.165) is 44.6 Å². The van der Waals surface area contributed by atoms with Crippen molar-refractivity contribution >= 4 is 11.6 Å². The van der Waals surface area contributed by atoms with Gasteiger partial charge in [-0.15, -0.1) is 0 Å². The molecule has 4 nitrogen and oxygen atoms in total. The number of carbonyl (C=O) groups is 1. The average Bonchev–Trinajstić information content (AvgIpc) is 3.02. The highest BCUT2D eigenvalue weighted by Crippen LogP contribution is 2.26. The molecule has 1 amide bonds. The number of hydrogen-bond acceptors (Lipinski definition) is 3. The summed E-state index contributed by atoms with van der Waals surface area (Å²) in [5.41, 5.74) is 1.20. The van der Waals surface area contributed by atoms with Crippen molar-refractivity contribution in [3.8, 4) is 5.75 Å². The summed E-state index contributed by atoms with van der Waals surface area (Å²) >= 11 is 0. The molecule has 0 aromatic heterocycles. The van der Waals surface area contributed by atoms with E-state index in [1.807, 2.05) is 19.1 Å². The molecule has 0 spiro atoms. The fraction of sp³-hybridized carbons (Fsp3) is 0.611. The van der Waals surface area contributed by atoms with Crippen molar-refractivity contribution < 1.29 is 9.53 Å². The maximum atomic E-state index is 12.0. The van der Waals surface area contributed by atoms with Crippen molar-refractivity contribution in [2.45, 2.75) is 33.1 Å². The van der Waals surface area contributed by atoms with Gasteiger partial charge in [0.15, 0.2) is 0 Å². The number of hydrogen-bond donors (Lipinski definition) is 1. The lowest BCUT2D eigenvalue weighted by Gasteiger charge is -2.20. The largest absolute Gasteiger partial charge is 0.497 e. The Hall–Kier alpha value is -1.71.